The van der Waals surface area contributed by atoms with Crippen molar-refractivity contribution in [2.45, 2.75) is 51.7 Å². The van der Waals surface area contributed by atoms with E-state index in [4.69, 9.17) is 5.73 Å². The van der Waals surface area contributed by atoms with E-state index < -0.39 is 6.04 Å². The number of hydrogen-bond acceptors (Lipinski definition) is 4. The van der Waals surface area contributed by atoms with Crippen molar-refractivity contribution in [3.8, 4) is 0 Å². The summed E-state index contributed by atoms with van der Waals surface area (Å²) in [5, 5.41) is 2.94. The van der Waals surface area contributed by atoms with Crippen LogP contribution in [-0.2, 0) is 17.8 Å². The van der Waals surface area contributed by atoms with Crippen molar-refractivity contribution in [1.29, 1.82) is 0 Å². The number of carbonyl (C=O) groups excluding carboxylic acids is 2. The number of nitrogens with two attached hydrogens (primary N) is 1. The summed E-state index contributed by atoms with van der Waals surface area (Å²) in [5.41, 5.74) is 11.2. The summed E-state index contributed by atoms with van der Waals surface area (Å²) in [7, 11) is 0. The van der Waals surface area contributed by atoms with Gasteiger partial charge in [-0.25, -0.2) is 0 Å². The minimum atomic E-state index is -0.536. The average molecular weight is 513 g/mol. The van der Waals surface area contributed by atoms with Gasteiger partial charge in [-0.15, -0.1) is 0 Å². The Kier molecular flexibility index (Phi) is 9.68. The van der Waals surface area contributed by atoms with Gasteiger partial charge in [-0.2, -0.15) is 0 Å². The zero-order chi connectivity index (χ0) is 26.9. The first-order valence-corrected chi connectivity index (χ1v) is 13.6. The van der Waals surface area contributed by atoms with Crippen molar-refractivity contribution in [3.63, 3.8) is 0 Å². The molecule has 6 heteroatoms. The van der Waals surface area contributed by atoms with Crippen molar-refractivity contribution >= 4 is 11.8 Å². The minimum Gasteiger partial charge on any atom is -0.353 e. The van der Waals surface area contributed by atoms with Gasteiger partial charge in [0.25, 0.3) is 5.91 Å². The smallest absolute Gasteiger partial charge is 0.254 e. The number of aryl methyl sites for hydroxylation is 2. The number of likely N-dealkylation sites (tertiary alicyclic amines) is 1. The third-order valence-corrected chi connectivity index (χ3v) is 7.43. The molecule has 1 aliphatic heterocycles. The molecule has 1 saturated heterocycles. The monoisotopic (exact) mass is 512 g/mol. The summed E-state index contributed by atoms with van der Waals surface area (Å²) in [6.07, 6.45) is 2.34. The van der Waals surface area contributed by atoms with Crippen LogP contribution in [0.3, 0.4) is 0 Å². The summed E-state index contributed by atoms with van der Waals surface area (Å²) >= 11 is 0. The van der Waals surface area contributed by atoms with Gasteiger partial charge in [0.2, 0.25) is 5.91 Å². The molecular formula is C32H40N4O2. The van der Waals surface area contributed by atoms with E-state index in [1.54, 1.807) is 4.90 Å². The van der Waals surface area contributed by atoms with E-state index in [1.165, 1.54) is 16.7 Å². The van der Waals surface area contributed by atoms with E-state index in [0.29, 0.717) is 31.6 Å². The molecule has 0 bridgehead atoms. The maximum Gasteiger partial charge on any atom is 0.254 e. The average Bonchev–Trinajstić information content (AvgIpc) is 2.95. The zero-order valence-corrected chi connectivity index (χ0v) is 22.6. The van der Waals surface area contributed by atoms with Gasteiger partial charge >= 0.3 is 0 Å². The van der Waals surface area contributed by atoms with E-state index in [1.807, 2.05) is 37.3 Å². The lowest BCUT2D eigenvalue weighted by Crippen LogP contribution is -2.57. The van der Waals surface area contributed by atoms with Crippen molar-refractivity contribution in [1.82, 2.24) is 15.1 Å². The molecule has 3 N–H and O–H groups in total. The van der Waals surface area contributed by atoms with Gasteiger partial charge < -0.3 is 16.0 Å². The maximum atomic E-state index is 13.5. The normalized spacial score (nSPS) is 17.4. The predicted octanol–water partition coefficient (Wildman–Crippen LogP) is 4.10. The van der Waals surface area contributed by atoms with E-state index in [2.05, 4.69) is 65.7 Å². The number of benzene rings is 3. The molecule has 2 amide bonds. The standard InChI is InChI=1S/C32H40N4O2/c1-24-8-12-27(13-9-24)23-35(20-16-26-6-4-3-5-7-26)29-17-21-36(30(22-29)31(37)34-19-18-33)32(38)28-14-10-25(2)11-15-28/h3-15,29-30H,16-23,33H2,1-2H3,(H,34,37)/t29?,30-/m1/s1. The molecule has 0 aliphatic carbocycles. The quantitative estimate of drug-likeness (QED) is 0.429. The number of amides is 2. The van der Waals surface area contributed by atoms with E-state index >= 15 is 0 Å². The molecule has 200 valence electrons. The van der Waals surface area contributed by atoms with Gasteiger partial charge in [0.05, 0.1) is 0 Å². The molecule has 1 heterocycles. The molecule has 6 nitrogen and oxygen atoms in total. The maximum absolute atomic E-state index is 13.5. The summed E-state index contributed by atoms with van der Waals surface area (Å²) < 4.78 is 0. The Balaban J connectivity index is 1.56. The van der Waals surface area contributed by atoms with Gasteiger partial charge in [-0.05, 0) is 56.4 Å². The molecule has 1 unspecified atom stereocenters. The number of nitrogens with zero attached hydrogens (tertiary/aromatic N) is 2. The van der Waals surface area contributed by atoms with Gasteiger partial charge in [-0.3, -0.25) is 14.5 Å². The molecule has 4 rings (SSSR count). The van der Waals surface area contributed by atoms with Crippen LogP contribution in [0.15, 0.2) is 78.9 Å². The van der Waals surface area contributed by atoms with Gasteiger partial charge in [0.1, 0.15) is 6.04 Å². The third-order valence-electron chi connectivity index (χ3n) is 7.43. The van der Waals surface area contributed by atoms with Crippen LogP contribution in [0.25, 0.3) is 0 Å². The van der Waals surface area contributed by atoms with E-state index in [-0.39, 0.29) is 17.9 Å². The Morgan fingerprint density at radius 1 is 0.921 bits per heavy atom. The topological polar surface area (TPSA) is 78.7 Å². The number of hydrogen-bond donors (Lipinski definition) is 2. The number of carbonyl (C=O) groups is 2. The number of rotatable bonds is 10. The molecule has 0 aromatic heterocycles. The molecule has 0 radical (unpaired) electrons. The lowest BCUT2D eigenvalue weighted by atomic mass is 9.93. The summed E-state index contributed by atoms with van der Waals surface area (Å²) in [6.45, 7) is 7.08. The fraction of sp³-hybridized carbons (Fsp3) is 0.375. The van der Waals surface area contributed by atoms with Crippen LogP contribution in [-0.4, -0.2) is 59.9 Å². The van der Waals surface area contributed by atoms with Crippen molar-refractivity contribution < 1.29 is 9.59 Å². The second-order valence-corrected chi connectivity index (χ2v) is 10.3. The molecule has 2 atom stereocenters. The Morgan fingerprint density at radius 2 is 1.58 bits per heavy atom. The molecule has 38 heavy (non-hydrogen) atoms. The highest BCUT2D eigenvalue weighted by Gasteiger charge is 2.38. The highest BCUT2D eigenvalue weighted by atomic mass is 16.2. The largest absolute Gasteiger partial charge is 0.353 e. The molecule has 0 saturated carbocycles. The first-order chi connectivity index (χ1) is 18.4. The first-order valence-electron chi connectivity index (χ1n) is 13.6. The summed E-state index contributed by atoms with van der Waals surface area (Å²) in [6, 6.07) is 26.4. The molecular weight excluding hydrogens is 472 g/mol. The lowest BCUT2D eigenvalue weighted by Gasteiger charge is -2.43. The van der Waals surface area contributed by atoms with Crippen molar-refractivity contribution in [2.24, 2.45) is 5.73 Å². The first kappa shape index (κ1) is 27.6. The van der Waals surface area contributed by atoms with Gasteiger partial charge in [0, 0.05) is 44.3 Å². The fourth-order valence-electron chi connectivity index (χ4n) is 5.18. The van der Waals surface area contributed by atoms with Crippen LogP contribution in [0.4, 0.5) is 0 Å². The highest BCUT2D eigenvalue weighted by molar-refractivity contribution is 5.97. The van der Waals surface area contributed by atoms with E-state index in [0.717, 1.165) is 31.5 Å². The predicted molar refractivity (Wildman–Crippen MR) is 153 cm³/mol. The van der Waals surface area contributed by atoms with Crippen LogP contribution in [0, 0.1) is 13.8 Å². The molecule has 1 aliphatic rings. The van der Waals surface area contributed by atoms with Crippen molar-refractivity contribution in [2.75, 3.05) is 26.2 Å². The van der Waals surface area contributed by atoms with Crippen LogP contribution in [0.1, 0.15) is 45.5 Å². The third kappa shape index (κ3) is 7.30. The van der Waals surface area contributed by atoms with Crippen LogP contribution in [0.2, 0.25) is 0 Å². The Bertz CT molecular complexity index is 1180. The zero-order valence-electron chi connectivity index (χ0n) is 22.6. The van der Waals surface area contributed by atoms with Gasteiger partial charge in [-0.1, -0.05) is 77.9 Å². The van der Waals surface area contributed by atoms with Gasteiger partial charge in [0.15, 0.2) is 0 Å². The fourth-order valence-corrected chi connectivity index (χ4v) is 5.18. The molecule has 3 aromatic rings. The SMILES string of the molecule is Cc1ccc(CN(CCc2ccccc2)C2CCN(C(=O)c3ccc(C)cc3)[C@@H](C(=O)NCCN)C2)cc1. The second kappa shape index (κ2) is 13.4. The molecule has 0 spiro atoms. The van der Waals surface area contributed by atoms with Crippen molar-refractivity contribution in [3.05, 3.63) is 107 Å². The Morgan fingerprint density at radius 3 is 2.24 bits per heavy atom. The second-order valence-electron chi connectivity index (χ2n) is 10.3. The minimum absolute atomic E-state index is 0.0919. The lowest BCUT2D eigenvalue weighted by molar-refractivity contribution is -0.127. The van der Waals surface area contributed by atoms with Crippen LogP contribution < -0.4 is 11.1 Å². The number of nitrogens with one attached hydrogen (secondary N) is 1. The van der Waals surface area contributed by atoms with Crippen LogP contribution >= 0.6 is 0 Å². The summed E-state index contributed by atoms with van der Waals surface area (Å²) in [4.78, 5) is 31.1. The Hall–Kier alpha value is -3.48. The summed E-state index contributed by atoms with van der Waals surface area (Å²) in [5.74, 6) is -0.218. The van der Waals surface area contributed by atoms with Crippen LogP contribution in [0.5, 0.6) is 0 Å². The number of piperidine rings is 1. The van der Waals surface area contributed by atoms with E-state index in [9.17, 15) is 9.59 Å². The Labute approximate surface area is 226 Å². The molecule has 1 fully saturated rings. The molecule has 3 aromatic carbocycles. The highest BCUT2D eigenvalue weighted by Crippen LogP contribution is 2.26.